The number of benzene rings is 1. The van der Waals surface area contributed by atoms with Crippen molar-refractivity contribution in [3.8, 4) is 5.75 Å². The molecule has 0 aliphatic heterocycles. The van der Waals surface area contributed by atoms with Gasteiger partial charge in [-0.15, -0.1) is 0 Å². The molecule has 0 saturated carbocycles. The minimum Gasteiger partial charge on any atom is -0.497 e. The highest BCUT2D eigenvalue weighted by Crippen LogP contribution is 2.35. The molecule has 0 bridgehead atoms. The van der Waals surface area contributed by atoms with Gasteiger partial charge in [0.2, 0.25) is 0 Å². The molecule has 16 heavy (non-hydrogen) atoms. The van der Waals surface area contributed by atoms with E-state index in [1.165, 1.54) is 0 Å². The molecule has 2 nitrogen and oxygen atoms in total. The van der Waals surface area contributed by atoms with Crippen LogP contribution in [-0.2, 0) is 6.18 Å². The Bertz CT molecular complexity index is 424. The van der Waals surface area contributed by atoms with Gasteiger partial charge in [0.15, 0.2) is 5.78 Å². The summed E-state index contributed by atoms with van der Waals surface area (Å²) in [5.41, 5.74) is -2.29. The number of hydrogen-bond acceptors (Lipinski definition) is 2. The van der Waals surface area contributed by atoms with Gasteiger partial charge in [-0.1, -0.05) is 0 Å². The van der Waals surface area contributed by atoms with Crippen LogP contribution in [0.4, 0.5) is 17.6 Å². The summed E-state index contributed by atoms with van der Waals surface area (Å²) in [5.74, 6) is -2.50. The molecule has 0 unspecified atom stereocenters. The Kier molecular flexibility index (Phi) is 3.21. The molecule has 0 aliphatic rings. The lowest BCUT2D eigenvalue weighted by Gasteiger charge is -2.13. The van der Waals surface area contributed by atoms with E-state index < -0.39 is 28.9 Å². The zero-order chi connectivity index (χ0) is 12.5. The lowest BCUT2D eigenvalue weighted by Crippen LogP contribution is -2.14. The summed E-state index contributed by atoms with van der Waals surface area (Å²) < 4.78 is 55.4. The van der Waals surface area contributed by atoms with Crippen molar-refractivity contribution in [1.82, 2.24) is 0 Å². The Morgan fingerprint density at radius 2 is 1.88 bits per heavy atom. The smallest absolute Gasteiger partial charge is 0.417 e. The first kappa shape index (κ1) is 12.5. The average molecular weight is 236 g/mol. The third-order valence-electron chi connectivity index (χ3n) is 1.96. The predicted molar refractivity (Wildman–Crippen MR) is 48.0 cm³/mol. The van der Waals surface area contributed by atoms with Gasteiger partial charge in [0.05, 0.1) is 18.2 Å². The monoisotopic (exact) mass is 236 g/mol. The number of carbonyl (C=O) groups excluding carboxylic acids is 1. The summed E-state index contributed by atoms with van der Waals surface area (Å²) in [5, 5.41) is 0. The van der Waals surface area contributed by atoms with Crippen LogP contribution in [0.15, 0.2) is 12.1 Å². The summed E-state index contributed by atoms with van der Waals surface area (Å²) in [7, 11) is 1.11. The third-order valence-corrected chi connectivity index (χ3v) is 1.96. The minimum atomic E-state index is -4.80. The van der Waals surface area contributed by atoms with Gasteiger partial charge in [0, 0.05) is 6.07 Å². The van der Waals surface area contributed by atoms with Crippen molar-refractivity contribution in [1.29, 1.82) is 0 Å². The maximum atomic E-state index is 13.3. The fraction of sp³-hybridized carbons (Fsp3) is 0.300. The van der Waals surface area contributed by atoms with Crippen LogP contribution in [0.2, 0.25) is 0 Å². The van der Waals surface area contributed by atoms with Crippen molar-refractivity contribution in [2.24, 2.45) is 0 Å². The van der Waals surface area contributed by atoms with Crippen LogP contribution >= 0.6 is 0 Å². The van der Waals surface area contributed by atoms with E-state index in [4.69, 9.17) is 0 Å². The standard InChI is InChI=1S/C10H8F4O2/c1-5(15)9-7(10(12,13)14)3-6(16-2)4-8(9)11/h3-4H,1-2H3. The number of alkyl halides is 3. The summed E-state index contributed by atoms with van der Waals surface area (Å²) >= 11 is 0. The van der Waals surface area contributed by atoms with Crippen molar-refractivity contribution >= 4 is 5.78 Å². The number of rotatable bonds is 2. The fourth-order valence-corrected chi connectivity index (χ4v) is 1.28. The van der Waals surface area contributed by atoms with Gasteiger partial charge >= 0.3 is 6.18 Å². The van der Waals surface area contributed by atoms with E-state index in [9.17, 15) is 22.4 Å². The average Bonchev–Trinajstić information content (AvgIpc) is 2.14. The Balaban J connectivity index is 3.53. The highest BCUT2D eigenvalue weighted by molar-refractivity contribution is 5.96. The van der Waals surface area contributed by atoms with E-state index in [1.807, 2.05) is 0 Å². The summed E-state index contributed by atoms with van der Waals surface area (Å²) in [6, 6.07) is 1.34. The molecule has 0 amide bonds. The second-order valence-corrected chi connectivity index (χ2v) is 3.09. The van der Waals surface area contributed by atoms with E-state index in [0.29, 0.717) is 6.07 Å². The van der Waals surface area contributed by atoms with Gasteiger partial charge in [-0.25, -0.2) is 4.39 Å². The molecule has 0 atom stereocenters. The molecule has 0 aliphatic carbocycles. The number of Topliss-reactive ketones (excluding diaryl/α,β-unsaturated/α-hetero) is 1. The molecule has 1 aromatic carbocycles. The van der Waals surface area contributed by atoms with Crippen LogP contribution < -0.4 is 4.74 Å². The lowest BCUT2D eigenvalue weighted by molar-refractivity contribution is -0.138. The first-order valence-electron chi connectivity index (χ1n) is 4.23. The number of methoxy groups -OCH3 is 1. The van der Waals surface area contributed by atoms with E-state index in [2.05, 4.69) is 4.74 Å². The Labute approximate surface area is 88.8 Å². The Morgan fingerprint density at radius 3 is 2.25 bits per heavy atom. The molecule has 0 N–H and O–H groups in total. The van der Waals surface area contributed by atoms with Crippen molar-refractivity contribution < 1.29 is 27.1 Å². The Hall–Kier alpha value is -1.59. The third kappa shape index (κ3) is 2.32. The van der Waals surface area contributed by atoms with E-state index in [0.717, 1.165) is 20.1 Å². The first-order valence-corrected chi connectivity index (χ1v) is 4.23. The summed E-state index contributed by atoms with van der Waals surface area (Å²) in [6.45, 7) is 0.875. The molecule has 0 saturated heterocycles. The molecule has 0 spiro atoms. The lowest BCUT2D eigenvalue weighted by atomic mass is 10.0. The molecule has 88 valence electrons. The minimum absolute atomic E-state index is 0.283. The Morgan fingerprint density at radius 1 is 1.31 bits per heavy atom. The van der Waals surface area contributed by atoms with Crippen molar-refractivity contribution in [2.45, 2.75) is 13.1 Å². The van der Waals surface area contributed by atoms with E-state index >= 15 is 0 Å². The zero-order valence-corrected chi connectivity index (χ0v) is 8.48. The molecular weight excluding hydrogens is 228 g/mol. The van der Waals surface area contributed by atoms with Crippen molar-refractivity contribution in [2.75, 3.05) is 7.11 Å². The number of ketones is 1. The van der Waals surface area contributed by atoms with Crippen LogP contribution in [-0.4, -0.2) is 12.9 Å². The summed E-state index contributed by atoms with van der Waals surface area (Å²) in [4.78, 5) is 11.0. The highest BCUT2D eigenvalue weighted by Gasteiger charge is 2.36. The van der Waals surface area contributed by atoms with Gasteiger partial charge in [-0.05, 0) is 13.0 Å². The van der Waals surface area contributed by atoms with Crippen LogP contribution in [0.5, 0.6) is 5.75 Å². The molecule has 1 rings (SSSR count). The van der Waals surface area contributed by atoms with Crippen LogP contribution in [0.3, 0.4) is 0 Å². The normalized spacial score (nSPS) is 11.4. The highest BCUT2D eigenvalue weighted by atomic mass is 19.4. The molecule has 0 radical (unpaired) electrons. The van der Waals surface area contributed by atoms with Crippen LogP contribution in [0.25, 0.3) is 0 Å². The molecular formula is C10H8F4O2. The SMILES string of the molecule is COc1cc(F)c(C(C)=O)c(C(F)(F)F)c1. The maximum Gasteiger partial charge on any atom is 0.417 e. The van der Waals surface area contributed by atoms with Crippen LogP contribution in [0.1, 0.15) is 22.8 Å². The number of hydrogen-bond donors (Lipinski definition) is 0. The number of carbonyl (C=O) groups is 1. The van der Waals surface area contributed by atoms with E-state index in [1.54, 1.807) is 0 Å². The first-order chi connectivity index (χ1) is 7.27. The molecule has 6 heteroatoms. The van der Waals surface area contributed by atoms with Crippen molar-refractivity contribution in [3.05, 3.63) is 29.1 Å². The second-order valence-electron chi connectivity index (χ2n) is 3.09. The quantitative estimate of drug-likeness (QED) is 0.582. The fourth-order valence-electron chi connectivity index (χ4n) is 1.28. The van der Waals surface area contributed by atoms with Gasteiger partial charge in [0.25, 0.3) is 0 Å². The predicted octanol–water partition coefficient (Wildman–Crippen LogP) is 3.06. The van der Waals surface area contributed by atoms with Gasteiger partial charge in [0.1, 0.15) is 11.6 Å². The summed E-state index contributed by atoms with van der Waals surface area (Å²) in [6.07, 6.45) is -4.80. The molecule has 0 fully saturated rings. The molecule has 1 aromatic rings. The van der Waals surface area contributed by atoms with Gasteiger partial charge < -0.3 is 4.74 Å². The van der Waals surface area contributed by atoms with Crippen LogP contribution in [0, 0.1) is 5.82 Å². The molecule has 0 aromatic heterocycles. The number of ether oxygens (including phenoxy) is 1. The topological polar surface area (TPSA) is 26.3 Å². The maximum absolute atomic E-state index is 13.3. The second kappa shape index (κ2) is 4.11. The van der Waals surface area contributed by atoms with Gasteiger partial charge in [-0.3, -0.25) is 4.79 Å². The van der Waals surface area contributed by atoms with Crippen molar-refractivity contribution in [3.63, 3.8) is 0 Å². The zero-order valence-electron chi connectivity index (χ0n) is 8.48. The largest absolute Gasteiger partial charge is 0.497 e. The van der Waals surface area contributed by atoms with E-state index in [-0.39, 0.29) is 5.75 Å². The number of halogens is 4. The van der Waals surface area contributed by atoms with Gasteiger partial charge in [-0.2, -0.15) is 13.2 Å². The molecule has 0 heterocycles.